The Balaban J connectivity index is 1.56. The molecule has 0 N–H and O–H groups in total. The first-order chi connectivity index (χ1) is 14.9. The molecule has 4 rings (SSSR count). The maximum absolute atomic E-state index is 12.8. The first-order valence-electron chi connectivity index (χ1n) is 10.6. The monoisotopic (exact) mass is 427 g/mol. The molecule has 1 aromatic carbocycles. The maximum atomic E-state index is 12.8. The fourth-order valence-electron chi connectivity index (χ4n) is 4.74. The molecule has 0 aromatic heterocycles. The van der Waals surface area contributed by atoms with Crippen LogP contribution in [0.4, 0.5) is 17.1 Å². The highest BCUT2D eigenvalue weighted by Crippen LogP contribution is 2.41. The molecule has 2 fully saturated rings. The number of hydrogen-bond donors (Lipinski definition) is 0. The summed E-state index contributed by atoms with van der Waals surface area (Å²) in [7, 11) is 0. The second-order valence-electron chi connectivity index (χ2n) is 8.11. The lowest BCUT2D eigenvalue weighted by molar-refractivity contribution is -0.384. The number of ether oxygens (including phenoxy) is 1. The quantitative estimate of drug-likeness (QED) is 0.234. The van der Waals surface area contributed by atoms with Crippen molar-refractivity contribution in [1.82, 2.24) is 0 Å². The van der Waals surface area contributed by atoms with Gasteiger partial charge in [-0.3, -0.25) is 24.5 Å². The number of nitrogens with zero attached hydrogens (tertiary/aromatic N) is 3. The van der Waals surface area contributed by atoms with Crippen molar-refractivity contribution in [2.75, 3.05) is 29.5 Å². The molecule has 2 aliphatic heterocycles. The van der Waals surface area contributed by atoms with Crippen molar-refractivity contribution in [3.63, 3.8) is 0 Å². The molecule has 2 unspecified atom stereocenters. The Hall–Kier alpha value is -3.23. The second kappa shape index (κ2) is 8.49. The minimum atomic E-state index is -0.490. The van der Waals surface area contributed by atoms with Gasteiger partial charge in [-0.15, -0.1) is 0 Å². The first-order valence-corrected chi connectivity index (χ1v) is 10.6. The Bertz CT molecular complexity index is 925. The number of fused-ring (bicyclic) bond motifs is 1. The normalized spacial score (nSPS) is 23.8. The Morgan fingerprint density at radius 1 is 1.13 bits per heavy atom. The minimum absolute atomic E-state index is 0.152. The molecule has 164 valence electrons. The molecule has 0 bridgehead atoms. The lowest BCUT2D eigenvalue weighted by Crippen LogP contribution is -2.37. The molecule has 9 nitrogen and oxygen atoms in total. The zero-order valence-electron chi connectivity index (χ0n) is 17.4. The third kappa shape index (κ3) is 3.80. The van der Waals surface area contributed by atoms with Crippen molar-refractivity contribution in [3.05, 3.63) is 40.5 Å². The topological polar surface area (TPSA) is 110 Å². The van der Waals surface area contributed by atoms with Gasteiger partial charge in [-0.05, 0) is 44.7 Å². The molecule has 31 heavy (non-hydrogen) atoms. The molecule has 0 spiro atoms. The summed E-state index contributed by atoms with van der Waals surface area (Å²) in [5.41, 5.74) is 0.510. The third-order valence-corrected chi connectivity index (χ3v) is 6.38. The average molecular weight is 427 g/mol. The Kier molecular flexibility index (Phi) is 5.75. The average Bonchev–Trinajstić information content (AvgIpc) is 3.04. The second-order valence-corrected chi connectivity index (χ2v) is 8.11. The molecule has 0 radical (unpaired) electrons. The van der Waals surface area contributed by atoms with Gasteiger partial charge in [0.25, 0.3) is 5.69 Å². The van der Waals surface area contributed by atoms with Crippen molar-refractivity contribution in [3.8, 4) is 0 Å². The van der Waals surface area contributed by atoms with E-state index in [1.807, 2.05) is 17.1 Å². The smallest absolute Gasteiger partial charge is 0.309 e. The molecule has 2 atom stereocenters. The van der Waals surface area contributed by atoms with Crippen LogP contribution in [0, 0.1) is 27.9 Å². The number of nitro groups is 1. The SMILES string of the molecule is CCOC(=O)C1CCN(c2ccc(N3C(=O)C4CC=CCC4C3=O)cc2[N+](=O)[O-])CC1. The zero-order chi connectivity index (χ0) is 22.1. The number of carbonyl (C=O) groups excluding carboxylic acids is 3. The van der Waals surface area contributed by atoms with Crippen LogP contribution in [0.1, 0.15) is 32.6 Å². The van der Waals surface area contributed by atoms with Crippen molar-refractivity contribution in [1.29, 1.82) is 0 Å². The summed E-state index contributed by atoms with van der Waals surface area (Å²) in [6.45, 7) is 3.07. The van der Waals surface area contributed by atoms with E-state index < -0.39 is 16.8 Å². The van der Waals surface area contributed by atoms with E-state index in [-0.39, 0.29) is 35.1 Å². The summed E-state index contributed by atoms with van der Waals surface area (Å²) < 4.78 is 5.08. The maximum Gasteiger partial charge on any atom is 0.309 e. The zero-order valence-corrected chi connectivity index (χ0v) is 17.4. The van der Waals surface area contributed by atoms with Crippen LogP contribution in [-0.2, 0) is 19.1 Å². The van der Waals surface area contributed by atoms with E-state index in [0.717, 1.165) is 4.90 Å². The van der Waals surface area contributed by atoms with Crippen molar-refractivity contribution in [2.24, 2.45) is 17.8 Å². The van der Waals surface area contributed by atoms with Gasteiger partial charge < -0.3 is 9.64 Å². The van der Waals surface area contributed by atoms with E-state index in [9.17, 15) is 24.5 Å². The number of hydrogen-bond acceptors (Lipinski definition) is 7. The largest absolute Gasteiger partial charge is 0.466 e. The van der Waals surface area contributed by atoms with E-state index in [1.54, 1.807) is 19.1 Å². The fourth-order valence-corrected chi connectivity index (χ4v) is 4.74. The van der Waals surface area contributed by atoms with Gasteiger partial charge in [0.1, 0.15) is 5.69 Å². The molecule has 2 amide bonds. The molecule has 2 saturated heterocycles. The first kappa shape index (κ1) is 21.0. The van der Waals surface area contributed by atoms with Crippen LogP contribution in [0.3, 0.4) is 0 Å². The molecule has 9 heteroatoms. The summed E-state index contributed by atoms with van der Waals surface area (Å²) in [5.74, 6) is -1.80. The van der Waals surface area contributed by atoms with E-state index >= 15 is 0 Å². The van der Waals surface area contributed by atoms with Crippen molar-refractivity contribution in [2.45, 2.75) is 32.6 Å². The third-order valence-electron chi connectivity index (χ3n) is 6.38. The number of carbonyl (C=O) groups is 3. The number of amides is 2. The minimum Gasteiger partial charge on any atom is -0.466 e. The lowest BCUT2D eigenvalue weighted by Gasteiger charge is -2.32. The predicted molar refractivity (Wildman–Crippen MR) is 113 cm³/mol. The number of imide groups is 1. The van der Waals surface area contributed by atoms with Crippen LogP contribution >= 0.6 is 0 Å². The summed E-state index contributed by atoms with van der Waals surface area (Å²) in [5, 5.41) is 11.8. The van der Waals surface area contributed by atoms with Crippen LogP contribution in [0.15, 0.2) is 30.4 Å². The molecule has 1 aliphatic carbocycles. The van der Waals surface area contributed by atoms with Gasteiger partial charge in [-0.2, -0.15) is 0 Å². The van der Waals surface area contributed by atoms with Crippen LogP contribution in [0.2, 0.25) is 0 Å². The number of anilines is 2. The van der Waals surface area contributed by atoms with E-state index in [4.69, 9.17) is 4.74 Å². The summed E-state index contributed by atoms with van der Waals surface area (Å²) in [4.78, 5) is 51.9. The highest BCUT2D eigenvalue weighted by molar-refractivity contribution is 6.22. The van der Waals surface area contributed by atoms with Gasteiger partial charge in [-0.25, -0.2) is 4.90 Å². The van der Waals surface area contributed by atoms with Crippen molar-refractivity contribution >= 4 is 34.8 Å². The van der Waals surface area contributed by atoms with Gasteiger partial charge in [0, 0.05) is 19.2 Å². The Morgan fingerprint density at radius 2 is 1.74 bits per heavy atom. The van der Waals surface area contributed by atoms with Gasteiger partial charge in [0.15, 0.2) is 0 Å². The van der Waals surface area contributed by atoms with Gasteiger partial charge in [0.05, 0.1) is 35.0 Å². The van der Waals surface area contributed by atoms with Crippen LogP contribution < -0.4 is 9.80 Å². The predicted octanol–water partition coefficient (Wildman–Crippen LogP) is 2.83. The molecule has 3 aliphatic rings. The molecule has 1 aromatic rings. The summed E-state index contributed by atoms with van der Waals surface area (Å²) in [6, 6.07) is 4.51. The molecular formula is C22H25N3O6. The summed E-state index contributed by atoms with van der Waals surface area (Å²) >= 11 is 0. The number of esters is 1. The molecule has 0 saturated carbocycles. The Labute approximate surface area is 179 Å². The molecule has 2 heterocycles. The number of allylic oxidation sites excluding steroid dienone is 2. The molecular weight excluding hydrogens is 402 g/mol. The van der Waals surface area contributed by atoms with Gasteiger partial charge >= 0.3 is 5.97 Å². The van der Waals surface area contributed by atoms with Crippen LogP contribution in [-0.4, -0.2) is 42.4 Å². The van der Waals surface area contributed by atoms with Gasteiger partial charge in [0.2, 0.25) is 11.8 Å². The van der Waals surface area contributed by atoms with E-state index in [0.29, 0.717) is 51.1 Å². The number of benzene rings is 1. The number of piperidine rings is 1. The van der Waals surface area contributed by atoms with Crippen molar-refractivity contribution < 1.29 is 24.0 Å². The van der Waals surface area contributed by atoms with Crippen LogP contribution in [0.25, 0.3) is 0 Å². The van der Waals surface area contributed by atoms with E-state index in [1.165, 1.54) is 6.07 Å². The summed E-state index contributed by atoms with van der Waals surface area (Å²) in [6.07, 6.45) is 5.94. The fraction of sp³-hybridized carbons (Fsp3) is 0.500. The van der Waals surface area contributed by atoms with E-state index in [2.05, 4.69) is 0 Å². The van der Waals surface area contributed by atoms with Gasteiger partial charge in [-0.1, -0.05) is 12.2 Å². The standard InChI is InChI=1S/C22H25N3O6/c1-2-31-22(28)14-9-11-23(12-10-14)18-8-7-15(13-19(18)25(29)30)24-20(26)16-5-3-4-6-17(16)21(24)27/h3-4,7-8,13-14,16-17H,2,5-6,9-12H2,1H3. The van der Waals surface area contributed by atoms with Crippen LogP contribution in [0.5, 0.6) is 0 Å². The number of nitro benzene ring substituents is 1. The Morgan fingerprint density at radius 3 is 2.29 bits per heavy atom. The highest BCUT2D eigenvalue weighted by Gasteiger charge is 2.48. The lowest BCUT2D eigenvalue weighted by atomic mass is 9.85. The number of rotatable bonds is 5. The highest BCUT2D eigenvalue weighted by atomic mass is 16.6.